The van der Waals surface area contributed by atoms with Crippen LogP contribution in [0.4, 0.5) is 11.4 Å². The van der Waals surface area contributed by atoms with Gasteiger partial charge in [-0.15, -0.1) is 11.8 Å². The molecule has 1 aliphatic rings. The highest BCUT2D eigenvalue weighted by molar-refractivity contribution is 9.10. The molecule has 0 radical (unpaired) electrons. The molecular formula is C18H16BrClN2O3S. The number of amides is 2. The van der Waals surface area contributed by atoms with Gasteiger partial charge in [0.2, 0.25) is 11.8 Å². The number of halogens is 2. The van der Waals surface area contributed by atoms with Crippen LogP contribution in [0.1, 0.15) is 6.92 Å². The highest BCUT2D eigenvalue weighted by Crippen LogP contribution is 2.37. The molecule has 3 rings (SSSR count). The van der Waals surface area contributed by atoms with Crippen LogP contribution in [0.2, 0.25) is 5.02 Å². The van der Waals surface area contributed by atoms with Gasteiger partial charge in [0, 0.05) is 9.92 Å². The molecule has 1 heterocycles. The number of nitrogens with zero attached hydrogens (tertiary/aromatic N) is 1. The quantitative estimate of drug-likeness (QED) is 0.717. The Morgan fingerprint density at radius 1 is 1.38 bits per heavy atom. The lowest BCUT2D eigenvalue weighted by atomic mass is 10.2. The fourth-order valence-corrected chi connectivity index (χ4v) is 4.47. The molecule has 5 nitrogen and oxygen atoms in total. The molecule has 0 bridgehead atoms. The maximum atomic E-state index is 12.6. The van der Waals surface area contributed by atoms with Crippen LogP contribution in [0, 0.1) is 0 Å². The maximum Gasteiger partial charge on any atom is 0.244 e. The first-order chi connectivity index (χ1) is 12.5. The number of nitrogens with one attached hydrogen (secondary N) is 1. The van der Waals surface area contributed by atoms with Crippen molar-refractivity contribution in [2.75, 3.05) is 29.1 Å². The minimum Gasteiger partial charge on any atom is -0.491 e. The number of para-hydroxylation sites is 1. The average molecular weight is 456 g/mol. The lowest BCUT2D eigenvalue weighted by Gasteiger charge is -2.28. The van der Waals surface area contributed by atoms with Crippen molar-refractivity contribution < 1.29 is 14.3 Å². The number of rotatable bonds is 5. The Hall–Kier alpha value is -1.70. The Bertz CT molecular complexity index is 862. The summed E-state index contributed by atoms with van der Waals surface area (Å²) in [5.74, 6) is 0.402. The summed E-state index contributed by atoms with van der Waals surface area (Å²) in [6, 6.07) is 10.9. The number of hydrogen-bond donors (Lipinski definition) is 1. The first-order valence-electron chi connectivity index (χ1n) is 7.93. The van der Waals surface area contributed by atoms with Crippen LogP contribution in [-0.2, 0) is 9.59 Å². The number of anilines is 2. The molecule has 0 saturated carbocycles. The summed E-state index contributed by atoms with van der Waals surface area (Å²) in [7, 11) is 0. The van der Waals surface area contributed by atoms with Gasteiger partial charge in [0.15, 0.2) is 5.75 Å². The summed E-state index contributed by atoms with van der Waals surface area (Å²) in [4.78, 5) is 27.4. The smallest absolute Gasteiger partial charge is 0.244 e. The average Bonchev–Trinajstić information content (AvgIpc) is 2.60. The molecule has 26 heavy (non-hydrogen) atoms. The zero-order chi connectivity index (χ0) is 18.7. The summed E-state index contributed by atoms with van der Waals surface area (Å²) in [5, 5.41) is 3.26. The van der Waals surface area contributed by atoms with Crippen LogP contribution < -0.4 is 15.0 Å². The number of fused-ring (bicyclic) bond motifs is 1. The number of hydrogen-bond acceptors (Lipinski definition) is 4. The predicted octanol–water partition coefficient (Wildman–Crippen LogP) is 4.58. The van der Waals surface area contributed by atoms with Crippen molar-refractivity contribution >= 4 is 62.5 Å². The van der Waals surface area contributed by atoms with Crippen LogP contribution in [0.3, 0.4) is 0 Å². The number of ether oxygens (including phenoxy) is 1. The number of carbonyl (C=O) groups is 2. The number of carbonyl (C=O) groups excluding carboxylic acids is 2. The first kappa shape index (κ1) is 19.1. The molecule has 1 N–H and O–H groups in total. The third-order valence-corrected chi connectivity index (χ3v) is 5.54. The Kier molecular flexibility index (Phi) is 6.11. The normalized spacial score (nSPS) is 13.3. The Morgan fingerprint density at radius 2 is 2.15 bits per heavy atom. The van der Waals surface area contributed by atoms with E-state index in [4.69, 9.17) is 16.3 Å². The summed E-state index contributed by atoms with van der Waals surface area (Å²) in [6.45, 7) is 2.22. The van der Waals surface area contributed by atoms with Gasteiger partial charge in [0.1, 0.15) is 6.54 Å². The third-order valence-electron chi connectivity index (χ3n) is 3.68. The molecule has 8 heteroatoms. The van der Waals surface area contributed by atoms with Gasteiger partial charge >= 0.3 is 0 Å². The molecule has 2 aromatic rings. The SMILES string of the molecule is CCOc1c(Br)cc(Cl)cc1NC(=O)CN1C(=O)CSc2ccccc21. The molecule has 0 fully saturated rings. The van der Waals surface area contributed by atoms with E-state index in [1.54, 1.807) is 12.1 Å². The van der Waals surface area contributed by atoms with E-state index in [9.17, 15) is 9.59 Å². The zero-order valence-corrected chi connectivity index (χ0v) is 17.1. The zero-order valence-electron chi connectivity index (χ0n) is 13.9. The molecule has 1 aliphatic heterocycles. The van der Waals surface area contributed by atoms with Gasteiger partial charge < -0.3 is 15.0 Å². The van der Waals surface area contributed by atoms with Gasteiger partial charge in [0.25, 0.3) is 0 Å². The minimum atomic E-state index is -0.324. The van der Waals surface area contributed by atoms with Gasteiger partial charge in [-0.1, -0.05) is 23.7 Å². The van der Waals surface area contributed by atoms with Gasteiger partial charge in [-0.2, -0.15) is 0 Å². The molecule has 136 valence electrons. The highest BCUT2D eigenvalue weighted by atomic mass is 79.9. The van der Waals surface area contributed by atoms with E-state index in [2.05, 4.69) is 21.2 Å². The molecule has 0 unspecified atom stereocenters. The van der Waals surface area contributed by atoms with E-state index in [1.165, 1.54) is 16.7 Å². The molecule has 0 atom stereocenters. The van der Waals surface area contributed by atoms with E-state index in [0.29, 0.717) is 33.3 Å². The number of benzene rings is 2. The summed E-state index contributed by atoms with van der Waals surface area (Å²) >= 11 is 11.0. The second-order valence-corrected chi connectivity index (χ2v) is 7.79. The van der Waals surface area contributed by atoms with Crippen molar-refractivity contribution in [2.45, 2.75) is 11.8 Å². The standard InChI is InChI=1S/C18H16BrClN2O3S/c1-2-25-18-12(19)7-11(20)8-13(18)21-16(23)9-22-14-5-3-4-6-15(14)26-10-17(22)24/h3-8H,2,9-10H2,1H3,(H,21,23). The molecule has 0 spiro atoms. The van der Waals surface area contributed by atoms with Crippen molar-refractivity contribution in [2.24, 2.45) is 0 Å². The highest BCUT2D eigenvalue weighted by Gasteiger charge is 2.26. The van der Waals surface area contributed by atoms with Crippen LogP contribution >= 0.6 is 39.3 Å². The van der Waals surface area contributed by atoms with Crippen LogP contribution in [-0.4, -0.2) is 30.7 Å². The first-order valence-corrected chi connectivity index (χ1v) is 10.1. The summed E-state index contributed by atoms with van der Waals surface area (Å²) < 4.78 is 6.24. The molecule has 0 saturated heterocycles. The van der Waals surface area contributed by atoms with Gasteiger partial charge in [0.05, 0.1) is 28.2 Å². The van der Waals surface area contributed by atoms with Crippen LogP contribution in [0.15, 0.2) is 45.8 Å². The lowest BCUT2D eigenvalue weighted by Crippen LogP contribution is -2.41. The Balaban J connectivity index is 1.81. The Labute approximate surface area is 169 Å². The van der Waals surface area contributed by atoms with E-state index in [0.717, 1.165) is 10.6 Å². The van der Waals surface area contributed by atoms with Crippen LogP contribution in [0.25, 0.3) is 0 Å². The summed E-state index contributed by atoms with van der Waals surface area (Å²) in [5.41, 5.74) is 1.21. The van der Waals surface area contributed by atoms with Crippen molar-refractivity contribution in [1.29, 1.82) is 0 Å². The van der Waals surface area contributed by atoms with E-state index in [-0.39, 0.29) is 18.4 Å². The van der Waals surface area contributed by atoms with Crippen molar-refractivity contribution in [1.82, 2.24) is 0 Å². The third kappa shape index (κ3) is 4.16. The van der Waals surface area contributed by atoms with Crippen molar-refractivity contribution in [3.05, 3.63) is 45.9 Å². The fourth-order valence-electron chi connectivity index (χ4n) is 2.60. The monoisotopic (exact) mass is 454 g/mol. The molecule has 0 aromatic heterocycles. The van der Waals surface area contributed by atoms with Gasteiger partial charge in [-0.05, 0) is 47.1 Å². The van der Waals surface area contributed by atoms with E-state index >= 15 is 0 Å². The van der Waals surface area contributed by atoms with Crippen molar-refractivity contribution in [3.8, 4) is 5.75 Å². The summed E-state index contributed by atoms with van der Waals surface area (Å²) in [6.07, 6.45) is 0. The topological polar surface area (TPSA) is 58.6 Å². The van der Waals surface area contributed by atoms with E-state index in [1.807, 2.05) is 31.2 Å². The second kappa shape index (κ2) is 8.33. The number of thioether (sulfide) groups is 1. The molecule has 2 aromatic carbocycles. The largest absolute Gasteiger partial charge is 0.491 e. The molecule has 2 amide bonds. The van der Waals surface area contributed by atoms with E-state index < -0.39 is 0 Å². The maximum absolute atomic E-state index is 12.6. The van der Waals surface area contributed by atoms with Gasteiger partial charge in [-0.25, -0.2) is 0 Å². The lowest BCUT2D eigenvalue weighted by molar-refractivity contribution is -0.120. The van der Waals surface area contributed by atoms with Crippen LogP contribution in [0.5, 0.6) is 5.75 Å². The Morgan fingerprint density at radius 3 is 2.92 bits per heavy atom. The van der Waals surface area contributed by atoms with Gasteiger partial charge in [-0.3, -0.25) is 9.59 Å². The molecular weight excluding hydrogens is 440 g/mol. The predicted molar refractivity (Wildman–Crippen MR) is 108 cm³/mol. The fraction of sp³-hybridized carbons (Fsp3) is 0.222. The minimum absolute atomic E-state index is 0.0773. The second-order valence-electron chi connectivity index (χ2n) is 5.48. The van der Waals surface area contributed by atoms with Crippen molar-refractivity contribution in [3.63, 3.8) is 0 Å². The molecule has 0 aliphatic carbocycles.